The standard InChI is InChI=1S/C20H26ClN5O/c21-20-23-18(22)12-19(24-20)26-10-11-27-17(14-26)16-6-8-25(9-7-16)13-15-4-2-1-3-5-15/h1-5,12,16-17H,6-11,13-14H2,(H2,22,23,24). The summed E-state index contributed by atoms with van der Waals surface area (Å²) in [6, 6.07) is 12.5. The molecule has 2 aliphatic rings. The van der Waals surface area contributed by atoms with E-state index in [2.05, 4.69) is 50.1 Å². The van der Waals surface area contributed by atoms with Crippen LogP contribution in [0, 0.1) is 5.92 Å². The Morgan fingerprint density at radius 1 is 1.11 bits per heavy atom. The Bertz CT molecular complexity index is 731. The van der Waals surface area contributed by atoms with Gasteiger partial charge in [0.25, 0.3) is 0 Å². The highest BCUT2D eigenvalue weighted by atomic mass is 35.5. The van der Waals surface area contributed by atoms with Crippen molar-refractivity contribution >= 4 is 23.2 Å². The Morgan fingerprint density at radius 2 is 1.89 bits per heavy atom. The molecule has 2 aromatic rings. The van der Waals surface area contributed by atoms with E-state index in [0.717, 1.165) is 51.4 Å². The number of halogens is 1. The lowest BCUT2D eigenvalue weighted by Gasteiger charge is -2.41. The van der Waals surface area contributed by atoms with Gasteiger partial charge in [-0.05, 0) is 49.0 Å². The number of nitrogens with two attached hydrogens (primary N) is 1. The van der Waals surface area contributed by atoms with Crippen LogP contribution in [0.2, 0.25) is 5.28 Å². The van der Waals surface area contributed by atoms with Gasteiger partial charge >= 0.3 is 0 Å². The van der Waals surface area contributed by atoms with Crippen LogP contribution in [-0.2, 0) is 11.3 Å². The number of hydrogen-bond acceptors (Lipinski definition) is 6. The van der Waals surface area contributed by atoms with E-state index in [-0.39, 0.29) is 11.4 Å². The Morgan fingerprint density at radius 3 is 2.63 bits per heavy atom. The van der Waals surface area contributed by atoms with Crippen LogP contribution >= 0.6 is 11.6 Å². The molecule has 1 aromatic heterocycles. The van der Waals surface area contributed by atoms with Crippen LogP contribution < -0.4 is 10.6 Å². The van der Waals surface area contributed by atoms with Crippen LogP contribution in [0.1, 0.15) is 18.4 Å². The van der Waals surface area contributed by atoms with E-state index in [9.17, 15) is 0 Å². The van der Waals surface area contributed by atoms with Crippen LogP contribution in [0.3, 0.4) is 0 Å². The van der Waals surface area contributed by atoms with Crippen molar-refractivity contribution < 1.29 is 4.74 Å². The monoisotopic (exact) mass is 387 g/mol. The van der Waals surface area contributed by atoms with Crippen molar-refractivity contribution in [3.05, 3.63) is 47.2 Å². The SMILES string of the molecule is Nc1cc(N2CCOC(C3CCN(Cc4ccccc4)CC3)C2)nc(Cl)n1. The zero-order chi connectivity index (χ0) is 18.6. The predicted molar refractivity (Wildman–Crippen MR) is 108 cm³/mol. The molecule has 1 unspecified atom stereocenters. The molecule has 0 amide bonds. The molecule has 0 radical (unpaired) electrons. The summed E-state index contributed by atoms with van der Waals surface area (Å²) in [5, 5.41) is 0.197. The molecule has 2 aliphatic heterocycles. The van der Waals surface area contributed by atoms with Crippen LogP contribution in [-0.4, -0.2) is 53.8 Å². The fraction of sp³-hybridized carbons (Fsp3) is 0.500. The average molecular weight is 388 g/mol. The molecule has 1 aromatic carbocycles. The van der Waals surface area contributed by atoms with Crippen LogP contribution in [0.4, 0.5) is 11.6 Å². The van der Waals surface area contributed by atoms with Crippen LogP contribution in [0.25, 0.3) is 0 Å². The van der Waals surface area contributed by atoms with Gasteiger partial charge in [-0.1, -0.05) is 30.3 Å². The molecule has 0 saturated carbocycles. The number of morpholine rings is 1. The molecule has 0 spiro atoms. The molecule has 2 saturated heterocycles. The van der Waals surface area contributed by atoms with E-state index in [4.69, 9.17) is 22.1 Å². The van der Waals surface area contributed by atoms with Crippen molar-refractivity contribution in [1.29, 1.82) is 0 Å². The van der Waals surface area contributed by atoms with Crippen LogP contribution in [0.15, 0.2) is 36.4 Å². The smallest absolute Gasteiger partial charge is 0.226 e. The number of rotatable bonds is 4. The number of likely N-dealkylation sites (tertiary alicyclic amines) is 1. The zero-order valence-electron chi connectivity index (χ0n) is 15.4. The summed E-state index contributed by atoms with van der Waals surface area (Å²) in [7, 11) is 0. The van der Waals surface area contributed by atoms with Crippen molar-refractivity contribution in [3.63, 3.8) is 0 Å². The lowest BCUT2D eigenvalue weighted by atomic mass is 9.90. The maximum absolute atomic E-state index is 6.12. The third-order valence-corrected chi connectivity index (χ3v) is 5.70. The first-order chi connectivity index (χ1) is 13.2. The van der Waals surface area contributed by atoms with Gasteiger partial charge in [0.2, 0.25) is 5.28 Å². The molecular weight excluding hydrogens is 362 g/mol. The third-order valence-electron chi connectivity index (χ3n) is 5.53. The first-order valence-corrected chi connectivity index (χ1v) is 9.98. The van der Waals surface area contributed by atoms with Gasteiger partial charge in [0, 0.05) is 25.7 Å². The van der Waals surface area contributed by atoms with Crippen molar-refractivity contribution in [2.75, 3.05) is 43.4 Å². The summed E-state index contributed by atoms with van der Waals surface area (Å²) < 4.78 is 6.12. The van der Waals surface area contributed by atoms with Gasteiger partial charge in [0.15, 0.2) is 0 Å². The van der Waals surface area contributed by atoms with E-state index < -0.39 is 0 Å². The number of aromatic nitrogens is 2. The Kier molecular flexibility index (Phi) is 5.76. The van der Waals surface area contributed by atoms with E-state index in [0.29, 0.717) is 18.3 Å². The molecule has 2 N–H and O–H groups in total. The highest BCUT2D eigenvalue weighted by Crippen LogP contribution is 2.28. The Labute approximate surface area is 165 Å². The number of hydrogen-bond donors (Lipinski definition) is 1. The fourth-order valence-electron chi connectivity index (χ4n) is 4.08. The summed E-state index contributed by atoms with van der Waals surface area (Å²) in [5.74, 6) is 1.78. The van der Waals surface area contributed by atoms with Crippen LogP contribution in [0.5, 0.6) is 0 Å². The van der Waals surface area contributed by atoms with Gasteiger partial charge in [-0.2, -0.15) is 0 Å². The number of piperidine rings is 1. The third kappa shape index (κ3) is 4.69. The average Bonchev–Trinajstić information content (AvgIpc) is 2.69. The van der Waals surface area contributed by atoms with Crippen molar-refractivity contribution in [2.24, 2.45) is 5.92 Å². The molecule has 0 aliphatic carbocycles. The topological polar surface area (TPSA) is 67.5 Å². The number of anilines is 2. The first-order valence-electron chi connectivity index (χ1n) is 9.60. The number of nitrogen functional groups attached to an aromatic ring is 1. The first kappa shape index (κ1) is 18.5. The fourth-order valence-corrected chi connectivity index (χ4v) is 4.26. The zero-order valence-corrected chi connectivity index (χ0v) is 16.2. The number of nitrogens with zero attached hydrogens (tertiary/aromatic N) is 4. The second-order valence-electron chi connectivity index (χ2n) is 7.37. The normalized spacial score (nSPS) is 22.1. The van der Waals surface area contributed by atoms with Gasteiger partial charge < -0.3 is 15.4 Å². The van der Waals surface area contributed by atoms with Gasteiger partial charge in [-0.3, -0.25) is 4.90 Å². The summed E-state index contributed by atoms with van der Waals surface area (Å²) >= 11 is 5.97. The van der Waals surface area contributed by atoms with Crippen molar-refractivity contribution in [3.8, 4) is 0 Å². The molecule has 7 heteroatoms. The maximum Gasteiger partial charge on any atom is 0.226 e. The van der Waals surface area contributed by atoms with Crippen molar-refractivity contribution in [2.45, 2.75) is 25.5 Å². The molecule has 6 nitrogen and oxygen atoms in total. The second kappa shape index (κ2) is 8.42. The highest BCUT2D eigenvalue weighted by molar-refractivity contribution is 6.28. The highest BCUT2D eigenvalue weighted by Gasteiger charge is 2.31. The molecule has 4 rings (SSSR count). The summed E-state index contributed by atoms with van der Waals surface area (Å²) in [6.07, 6.45) is 2.56. The molecule has 0 bridgehead atoms. The van der Waals surface area contributed by atoms with Gasteiger partial charge in [0.05, 0.1) is 12.7 Å². The molecule has 27 heavy (non-hydrogen) atoms. The minimum atomic E-state index is 0.197. The van der Waals surface area contributed by atoms with Crippen molar-refractivity contribution in [1.82, 2.24) is 14.9 Å². The maximum atomic E-state index is 6.12. The largest absolute Gasteiger partial charge is 0.383 e. The van der Waals surface area contributed by atoms with E-state index in [1.54, 1.807) is 6.07 Å². The minimum absolute atomic E-state index is 0.197. The summed E-state index contributed by atoms with van der Waals surface area (Å²) in [6.45, 7) is 5.60. The molecule has 3 heterocycles. The number of benzene rings is 1. The Balaban J connectivity index is 1.33. The number of ether oxygens (including phenoxy) is 1. The molecule has 1 atom stereocenters. The second-order valence-corrected chi connectivity index (χ2v) is 7.71. The van der Waals surface area contributed by atoms with E-state index in [1.807, 2.05) is 0 Å². The summed E-state index contributed by atoms with van der Waals surface area (Å²) in [4.78, 5) is 13.0. The van der Waals surface area contributed by atoms with Gasteiger partial charge in [0.1, 0.15) is 11.6 Å². The summed E-state index contributed by atoms with van der Waals surface area (Å²) in [5.41, 5.74) is 7.21. The minimum Gasteiger partial charge on any atom is -0.383 e. The predicted octanol–water partition coefficient (Wildman–Crippen LogP) is 2.83. The van der Waals surface area contributed by atoms with E-state index >= 15 is 0 Å². The van der Waals surface area contributed by atoms with Gasteiger partial charge in [-0.25, -0.2) is 9.97 Å². The quantitative estimate of drug-likeness (QED) is 0.813. The molecule has 2 fully saturated rings. The molecule has 144 valence electrons. The lowest BCUT2D eigenvalue weighted by molar-refractivity contribution is -0.0190. The Hall–Kier alpha value is -1.89. The lowest BCUT2D eigenvalue weighted by Crippen LogP contribution is -2.48. The van der Waals surface area contributed by atoms with Gasteiger partial charge in [-0.15, -0.1) is 0 Å². The van der Waals surface area contributed by atoms with E-state index in [1.165, 1.54) is 5.56 Å². The molecular formula is C20H26ClN5O.